The van der Waals surface area contributed by atoms with Crippen LogP contribution in [-0.4, -0.2) is 48.1 Å². The number of carboxylic acids is 1. The molecule has 114 valence electrons. The molecule has 1 rings (SSSR count). The van der Waals surface area contributed by atoms with E-state index in [9.17, 15) is 9.59 Å². The lowest BCUT2D eigenvalue weighted by atomic mass is 9.97. The van der Waals surface area contributed by atoms with E-state index in [1.165, 1.54) is 24.8 Å². The molecule has 5 heteroatoms. The maximum absolute atomic E-state index is 11.8. The Morgan fingerprint density at radius 2 is 2.20 bits per heavy atom. The van der Waals surface area contributed by atoms with Crippen molar-refractivity contribution in [2.24, 2.45) is 0 Å². The van der Waals surface area contributed by atoms with Crippen LogP contribution in [0.25, 0.3) is 0 Å². The predicted octanol–water partition coefficient (Wildman–Crippen LogP) is 1.79. The van der Waals surface area contributed by atoms with Crippen molar-refractivity contribution in [3.8, 4) is 0 Å². The Morgan fingerprint density at radius 1 is 1.40 bits per heavy atom. The van der Waals surface area contributed by atoms with Crippen LogP contribution in [0.3, 0.4) is 0 Å². The van der Waals surface area contributed by atoms with Crippen molar-refractivity contribution < 1.29 is 14.7 Å². The van der Waals surface area contributed by atoms with Gasteiger partial charge < -0.3 is 10.4 Å². The molecule has 5 nitrogen and oxygen atoms in total. The summed E-state index contributed by atoms with van der Waals surface area (Å²) in [5.41, 5.74) is 1.45. The van der Waals surface area contributed by atoms with E-state index >= 15 is 0 Å². The number of hydrogen-bond donors (Lipinski definition) is 2. The quantitative estimate of drug-likeness (QED) is 0.633. The van der Waals surface area contributed by atoms with Crippen LogP contribution in [0.4, 0.5) is 0 Å². The first-order chi connectivity index (χ1) is 9.61. The van der Waals surface area contributed by atoms with E-state index in [4.69, 9.17) is 5.11 Å². The average Bonchev–Trinajstić information content (AvgIpc) is 2.44. The van der Waals surface area contributed by atoms with Gasteiger partial charge in [-0.3, -0.25) is 14.5 Å². The van der Waals surface area contributed by atoms with Crippen LogP contribution in [0.1, 0.15) is 45.4 Å². The molecule has 0 aliphatic heterocycles. The summed E-state index contributed by atoms with van der Waals surface area (Å²) in [6.07, 6.45) is 8.18. The summed E-state index contributed by atoms with van der Waals surface area (Å²) in [7, 11) is 0. The van der Waals surface area contributed by atoms with Gasteiger partial charge in [-0.2, -0.15) is 0 Å². The largest absolute Gasteiger partial charge is 0.481 e. The standard InChI is InChI=1S/C15H26N2O3/c1-2-17(11-9-15(19)20)12-14(18)16-10-8-13-6-4-3-5-7-13/h6H,2-5,7-12H2,1H3,(H,16,18)(H,19,20). The van der Waals surface area contributed by atoms with E-state index in [0.29, 0.717) is 19.6 Å². The van der Waals surface area contributed by atoms with Crippen LogP contribution < -0.4 is 5.32 Å². The second kappa shape index (κ2) is 9.53. The lowest BCUT2D eigenvalue weighted by Crippen LogP contribution is -2.38. The third-order valence-electron chi connectivity index (χ3n) is 3.61. The molecule has 0 radical (unpaired) electrons. The number of likely N-dealkylation sites (N-methyl/N-ethyl adjacent to an activating group) is 1. The number of carbonyl (C=O) groups is 2. The molecular formula is C15H26N2O3. The van der Waals surface area contributed by atoms with Crippen molar-refractivity contribution in [1.29, 1.82) is 0 Å². The maximum Gasteiger partial charge on any atom is 0.304 e. The minimum Gasteiger partial charge on any atom is -0.481 e. The van der Waals surface area contributed by atoms with Gasteiger partial charge in [0.25, 0.3) is 0 Å². The number of carbonyl (C=O) groups excluding carboxylic acids is 1. The molecule has 0 bridgehead atoms. The fourth-order valence-corrected chi connectivity index (χ4v) is 2.36. The van der Waals surface area contributed by atoms with Crippen molar-refractivity contribution in [2.45, 2.75) is 45.4 Å². The second-order valence-electron chi connectivity index (χ2n) is 5.22. The van der Waals surface area contributed by atoms with Crippen molar-refractivity contribution >= 4 is 11.9 Å². The number of hydrogen-bond acceptors (Lipinski definition) is 3. The molecule has 1 amide bonds. The third-order valence-corrected chi connectivity index (χ3v) is 3.61. The van der Waals surface area contributed by atoms with E-state index < -0.39 is 5.97 Å². The molecule has 0 saturated carbocycles. The average molecular weight is 282 g/mol. The van der Waals surface area contributed by atoms with E-state index in [-0.39, 0.29) is 18.9 Å². The third kappa shape index (κ3) is 7.28. The van der Waals surface area contributed by atoms with E-state index in [1.54, 1.807) is 0 Å². The van der Waals surface area contributed by atoms with Crippen molar-refractivity contribution in [3.05, 3.63) is 11.6 Å². The number of aliphatic carboxylic acids is 1. The molecule has 1 aliphatic carbocycles. The number of amides is 1. The van der Waals surface area contributed by atoms with Gasteiger partial charge in [-0.15, -0.1) is 0 Å². The van der Waals surface area contributed by atoms with Crippen LogP contribution in [0.5, 0.6) is 0 Å². The number of carboxylic acid groups (broad SMARTS) is 1. The molecule has 0 aromatic rings. The minimum atomic E-state index is -0.826. The van der Waals surface area contributed by atoms with Gasteiger partial charge in [0.1, 0.15) is 0 Å². The van der Waals surface area contributed by atoms with Crippen LogP contribution in [0, 0.1) is 0 Å². The highest BCUT2D eigenvalue weighted by molar-refractivity contribution is 5.78. The van der Waals surface area contributed by atoms with Gasteiger partial charge in [0.05, 0.1) is 13.0 Å². The molecule has 0 saturated heterocycles. The summed E-state index contributed by atoms with van der Waals surface area (Å²) in [6, 6.07) is 0. The van der Waals surface area contributed by atoms with E-state index in [1.807, 2.05) is 11.8 Å². The Labute approximate surface area is 121 Å². The van der Waals surface area contributed by atoms with Gasteiger partial charge in [-0.1, -0.05) is 18.6 Å². The Balaban J connectivity index is 2.17. The topological polar surface area (TPSA) is 69.6 Å². The Bertz CT molecular complexity index is 353. The summed E-state index contributed by atoms with van der Waals surface area (Å²) < 4.78 is 0. The fourth-order valence-electron chi connectivity index (χ4n) is 2.36. The monoisotopic (exact) mass is 282 g/mol. The first-order valence-electron chi connectivity index (χ1n) is 7.50. The molecule has 0 aromatic carbocycles. The SMILES string of the molecule is CCN(CCC(=O)O)CC(=O)NCCC1=CCCCC1. The van der Waals surface area contributed by atoms with Gasteiger partial charge in [0, 0.05) is 13.1 Å². The molecule has 1 aliphatic rings. The number of nitrogens with one attached hydrogen (secondary N) is 1. The molecule has 0 fully saturated rings. The number of rotatable bonds is 9. The van der Waals surface area contributed by atoms with Gasteiger partial charge in [-0.05, 0) is 38.6 Å². The van der Waals surface area contributed by atoms with Crippen LogP contribution in [0.15, 0.2) is 11.6 Å². The Kier molecular flexibility index (Phi) is 7.95. The molecule has 0 unspecified atom stereocenters. The lowest BCUT2D eigenvalue weighted by molar-refractivity contribution is -0.137. The zero-order valence-electron chi connectivity index (χ0n) is 12.4. The van der Waals surface area contributed by atoms with Crippen LogP contribution >= 0.6 is 0 Å². The molecule has 0 heterocycles. The zero-order valence-corrected chi connectivity index (χ0v) is 12.4. The van der Waals surface area contributed by atoms with Crippen molar-refractivity contribution in [2.75, 3.05) is 26.2 Å². The van der Waals surface area contributed by atoms with Crippen molar-refractivity contribution in [1.82, 2.24) is 10.2 Å². The highest BCUT2D eigenvalue weighted by atomic mass is 16.4. The molecule has 0 aromatic heterocycles. The first kappa shape index (κ1) is 16.7. The van der Waals surface area contributed by atoms with Gasteiger partial charge in [0.15, 0.2) is 0 Å². The fraction of sp³-hybridized carbons (Fsp3) is 0.733. The van der Waals surface area contributed by atoms with Crippen LogP contribution in [0.2, 0.25) is 0 Å². The summed E-state index contributed by atoms with van der Waals surface area (Å²) in [5, 5.41) is 11.6. The minimum absolute atomic E-state index is 0.0198. The second-order valence-corrected chi connectivity index (χ2v) is 5.22. The number of allylic oxidation sites excluding steroid dienone is 1. The van der Waals surface area contributed by atoms with E-state index in [0.717, 1.165) is 12.8 Å². The number of nitrogens with zero attached hydrogens (tertiary/aromatic N) is 1. The summed E-state index contributed by atoms with van der Waals surface area (Å²) in [4.78, 5) is 24.1. The molecule has 2 N–H and O–H groups in total. The first-order valence-corrected chi connectivity index (χ1v) is 7.50. The Hall–Kier alpha value is -1.36. The van der Waals surface area contributed by atoms with Gasteiger partial charge >= 0.3 is 5.97 Å². The summed E-state index contributed by atoms with van der Waals surface area (Å²) in [5.74, 6) is -0.846. The predicted molar refractivity (Wildman–Crippen MR) is 78.5 cm³/mol. The highest BCUT2D eigenvalue weighted by Crippen LogP contribution is 2.19. The van der Waals surface area contributed by atoms with Gasteiger partial charge in [0.2, 0.25) is 5.91 Å². The van der Waals surface area contributed by atoms with E-state index in [2.05, 4.69) is 11.4 Å². The summed E-state index contributed by atoms with van der Waals surface area (Å²) in [6.45, 7) is 4.00. The molecular weight excluding hydrogens is 256 g/mol. The van der Waals surface area contributed by atoms with Gasteiger partial charge in [-0.25, -0.2) is 0 Å². The lowest BCUT2D eigenvalue weighted by Gasteiger charge is -2.19. The normalized spacial score (nSPS) is 15.0. The Morgan fingerprint density at radius 3 is 2.80 bits per heavy atom. The molecule has 0 spiro atoms. The highest BCUT2D eigenvalue weighted by Gasteiger charge is 2.10. The van der Waals surface area contributed by atoms with Crippen molar-refractivity contribution in [3.63, 3.8) is 0 Å². The zero-order chi connectivity index (χ0) is 14.8. The molecule has 20 heavy (non-hydrogen) atoms. The smallest absolute Gasteiger partial charge is 0.304 e. The maximum atomic E-state index is 11.8. The molecule has 0 atom stereocenters. The van der Waals surface area contributed by atoms with Crippen LogP contribution in [-0.2, 0) is 9.59 Å². The summed E-state index contributed by atoms with van der Waals surface area (Å²) >= 11 is 0.